The van der Waals surface area contributed by atoms with Crippen molar-refractivity contribution in [3.8, 4) is 5.75 Å². The van der Waals surface area contributed by atoms with E-state index in [0.717, 1.165) is 53.8 Å². The van der Waals surface area contributed by atoms with Crippen molar-refractivity contribution in [1.29, 1.82) is 0 Å². The topological polar surface area (TPSA) is 137 Å². The van der Waals surface area contributed by atoms with Crippen LogP contribution >= 0.6 is 0 Å². The van der Waals surface area contributed by atoms with Crippen molar-refractivity contribution in [3.63, 3.8) is 0 Å². The third-order valence-electron chi connectivity index (χ3n) is 15.4. The first-order valence-corrected chi connectivity index (χ1v) is 21.8. The molecule has 6 heterocycles. The molecule has 3 aromatic rings. The number of anilines is 1. The molecular formula is C47H56F3N5O7. The SMILES string of the molecule is CCC1=C[C@@H]2CN(CCc3c([nH]c4ccccc34)[C@@](C(=O)OC)(c3cc4c(cc3OC)N(C)[C@H]3C(O)(CNC(=O)C(F)(F)F)[C@H](OC(C)=O)[C@]5(CC)C=CCN6CC[C@]43[C@@H]65)C2)C1. The summed E-state index contributed by atoms with van der Waals surface area (Å²) >= 11 is 0. The van der Waals surface area contributed by atoms with Gasteiger partial charge in [0, 0.05) is 90.9 Å². The van der Waals surface area contributed by atoms with E-state index in [1.807, 2.05) is 59.6 Å². The van der Waals surface area contributed by atoms with Crippen molar-refractivity contribution in [1.82, 2.24) is 20.1 Å². The van der Waals surface area contributed by atoms with Gasteiger partial charge in [-0.2, -0.15) is 13.2 Å². The fourth-order valence-corrected chi connectivity index (χ4v) is 13.3. The first-order valence-electron chi connectivity index (χ1n) is 21.8. The van der Waals surface area contributed by atoms with Gasteiger partial charge in [0.1, 0.15) is 22.9 Å². The molecule has 1 spiro atoms. The van der Waals surface area contributed by atoms with Crippen LogP contribution in [0.15, 0.2) is 60.2 Å². The Hall–Kier alpha value is -4.86. The minimum absolute atomic E-state index is 0.0543. The van der Waals surface area contributed by atoms with Crippen molar-refractivity contribution >= 4 is 34.4 Å². The summed E-state index contributed by atoms with van der Waals surface area (Å²) in [4.78, 5) is 51.3. The number of aromatic amines is 1. The molecule has 9 atom stereocenters. The number of halogens is 3. The number of benzene rings is 2. The largest absolute Gasteiger partial charge is 0.496 e. The van der Waals surface area contributed by atoms with Crippen LogP contribution in [0.5, 0.6) is 5.75 Å². The van der Waals surface area contributed by atoms with E-state index in [9.17, 15) is 27.9 Å². The van der Waals surface area contributed by atoms with Gasteiger partial charge < -0.3 is 34.5 Å². The number of carbonyl (C=O) groups is 3. The number of carbonyl (C=O) groups excluding carboxylic acids is 3. The zero-order chi connectivity index (χ0) is 44.1. The Kier molecular flexibility index (Phi) is 10.2. The Morgan fingerprint density at radius 2 is 1.84 bits per heavy atom. The minimum Gasteiger partial charge on any atom is -0.496 e. The number of esters is 2. The van der Waals surface area contributed by atoms with Crippen LogP contribution in [0, 0.1) is 11.3 Å². The number of alkyl halides is 3. The number of hydrogen-bond donors (Lipinski definition) is 3. The van der Waals surface area contributed by atoms with Gasteiger partial charge in [0.05, 0.1) is 26.8 Å². The van der Waals surface area contributed by atoms with E-state index < -0.39 is 70.6 Å². The number of amides is 1. The molecule has 332 valence electrons. The highest BCUT2D eigenvalue weighted by Crippen LogP contribution is 2.68. The Morgan fingerprint density at radius 3 is 2.53 bits per heavy atom. The van der Waals surface area contributed by atoms with Crippen LogP contribution in [0.25, 0.3) is 10.9 Å². The number of aromatic nitrogens is 1. The molecule has 1 amide bonds. The molecule has 2 unspecified atom stereocenters. The molecular weight excluding hydrogens is 804 g/mol. The molecule has 3 N–H and O–H groups in total. The molecule has 1 aromatic heterocycles. The normalized spacial score (nSPS) is 33.5. The highest BCUT2D eigenvalue weighted by molar-refractivity contribution is 5.94. The smallest absolute Gasteiger partial charge is 0.471 e. The Bertz CT molecular complexity index is 2400. The number of methoxy groups -OCH3 is 2. The standard InChI is InChI=1S/C47H56F3N5O7/c1-7-28-20-29-23-45(42(58)61-6,37-31(14-18-54(24-28)25-29)30-12-9-10-13-34(30)52-37)33-21-32-35(22-36(33)60-5)53(4)39-44(32)16-19-55-17-11-15-43(8-2,38(44)55)40(62-27(3)56)46(39,59)26-51-41(57)47(48,49)50/h9-13,15,20-22,29,38-40,52,59H,7-8,14,16-19,23-26H2,1-6H3,(H,51,57)/t29-,38-,39+,40+,43+,44+,45-,46?/m0/s1. The van der Waals surface area contributed by atoms with E-state index >= 15 is 4.79 Å². The second kappa shape index (κ2) is 14.9. The van der Waals surface area contributed by atoms with E-state index in [4.69, 9.17) is 14.2 Å². The zero-order valence-corrected chi connectivity index (χ0v) is 36.2. The van der Waals surface area contributed by atoms with Gasteiger partial charge in [0.15, 0.2) is 0 Å². The molecule has 1 saturated heterocycles. The van der Waals surface area contributed by atoms with Crippen molar-refractivity contribution in [3.05, 3.63) is 82.6 Å². The van der Waals surface area contributed by atoms with Crippen LogP contribution in [0.2, 0.25) is 0 Å². The van der Waals surface area contributed by atoms with Crippen LogP contribution in [0.3, 0.4) is 0 Å². The van der Waals surface area contributed by atoms with Crippen molar-refractivity contribution in [2.24, 2.45) is 11.3 Å². The lowest BCUT2D eigenvalue weighted by Crippen LogP contribution is -2.81. The molecule has 1 aliphatic carbocycles. The molecule has 2 fully saturated rings. The second-order valence-electron chi connectivity index (χ2n) is 18.3. The summed E-state index contributed by atoms with van der Waals surface area (Å²) < 4.78 is 60.1. The molecule has 0 radical (unpaired) electrons. The maximum absolute atomic E-state index is 15.3. The minimum atomic E-state index is -5.23. The third-order valence-corrected chi connectivity index (χ3v) is 15.4. The zero-order valence-electron chi connectivity index (χ0n) is 36.2. The van der Waals surface area contributed by atoms with Crippen LogP contribution in [0.4, 0.5) is 18.9 Å². The molecule has 2 bridgehead atoms. The lowest BCUT2D eigenvalue weighted by Gasteiger charge is -2.64. The summed E-state index contributed by atoms with van der Waals surface area (Å²) in [6.45, 7) is 7.95. The highest BCUT2D eigenvalue weighted by atomic mass is 19.4. The molecule has 15 heteroatoms. The Labute approximate surface area is 359 Å². The molecule has 62 heavy (non-hydrogen) atoms. The maximum atomic E-state index is 15.3. The number of H-pyrrole nitrogens is 1. The molecule has 1 saturated carbocycles. The number of aliphatic hydroxyl groups is 1. The summed E-state index contributed by atoms with van der Waals surface area (Å²) in [5, 5.41) is 16.5. The number of nitrogens with one attached hydrogen (secondary N) is 2. The van der Waals surface area contributed by atoms with Crippen LogP contribution in [-0.4, -0.2) is 128 Å². The summed E-state index contributed by atoms with van der Waals surface area (Å²) in [7, 11) is 4.74. The van der Waals surface area contributed by atoms with Gasteiger partial charge in [0.2, 0.25) is 0 Å². The van der Waals surface area contributed by atoms with Gasteiger partial charge in [-0.05, 0) is 67.8 Å². The molecule has 12 nitrogen and oxygen atoms in total. The summed E-state index contributed by atoms with van der Waals surface area (Å²) in [5.41, 5.74) is 0.127. The summed E-state index contributed by atoms with van der Waals surface area (Å²) in [6, 6.07) is 10.6. The van der Waals surface area contributed by atoms with Gasteiger partial charge in [0.25, 0.3) is 0 Å². The van der Waals surface area contributed by atoms with Crippen molar-refractivity contribution in [2.45, 2.75) is 93.7 Å². The highest BCUT2D eigenvalue weighted by Gasteiger charge is 2.78. The Morgan fingerprint density at radius 1 is 1.06 bits per heavy atom. The summed E-state index contributed by atoms with van der Waals surface area (Å²) in [5.74, 6) is -3.04. The van der Waals surface area contributed by atoms with Gasteiger partial charge in [-0.15, -0.1) is 0 Å². The lowest BCUT2D eigenvalue weighted by atomic mass is 9.47. The number of para-hydroxylation sites is 1. The van der Waals surface area contributed by atoms with Crippen LogP contribution in [0.1, 0.15) is 68.8 Å². The van der Waals surface area contributed by atoms with Crippen LogP contribution in [-0.2, 0) is 41.1 Å². The first kappa shape index (κ1) is 42.4. The average molecular weight is 860 g/mol. The van der Waals surface area contributed by atoms with Gasteiger partial charge in [-0.25, -0.2) is 0 Å². The molecule has 5 aliphatic heterocycles. The fourth-order valence-electron chi connectivity index (χ4n) is 13.3. The van der Waals surface area contributed by atoms with Crippen LogP contribution < -0.4 is 15.0 Å². The van der Waals surface area contributed by atoms with Gasteiger partial charge in [-0.3, -0.25) is 24.2 Å². The lowest BCUT2D eigenvalue weighted by molar-refractivity contribution is -0.219. The predicted molar refractivity (Wildman–Crippen MR) is 226 cm³/mol. The molecule has 2 aromatic carbocycles. The summed E-state index contributed by atoms with van der Waals surface area (Å²) in [6.07, 6.45) is 2.37. The van der Waals surface area contributed by atoms with E-state index in [1.54, 1.807) is 14.2 Å². The average Bonchev–Trinajstić information content (AvgIpc) is 3.92. The third kappa shape index (κ3) is 5.86. The fraction of sp³-hybridized carbons (Fsp3) is 0.553. The molecule has 9 rings (SSSR count). The van der Waals surface area contributed by atoms with Crippen molar-refractivity contribution in [2.75, 3.05) is 65.4 Å². The number of ether oxygens (including phenoxy) is 3. The van der Waals surface area contributed by atoms with E-state index in [2.05, 4.69) is 33.8 Å². The maximum Gasteiger partial charge on any atom is 0.471 e. The number of nitrogens with zero attached hydrogens (tertiary/aromatic N) is 3. The monoisotopic (exact) mass is 859 g/mol. The predicted octanol–water partition coefficient (Wildman–Crippen LogP) is 5.30. The number of fused-ring (bicyclic) bond motifs is 6. The van der Waals surface area contributed by atoms with E-state index in [1.165, 1.54) is 19.6 Å². The van der Waals surface area contributed by atoms with Gasteiger partial charge in [-0.1, -0.05) is 55.8 Å². The number of likely N-dealkylation sites (N-methyl/N-ethyl adjacent to an activating group) is 1. The number of hydrogen-bond acceptors (Lipinski definition) is 10. The molecule has 6 aliphatic rings. The Balaban J connectivity index is 1.34. The van der Waals surface area contributed by atoms with Crippen molar-refractivity contribution < 1.29 is 46.9 Å². The van der Waals surface area contributed by atoms with E-state index in [0.29, 0.717) is 55.8 Å². The second-order valence-corrected chi connectivity index (χ2v) is 18.3. The quantitative estimate of drug-likeness (QED) is 0.202. The van der Waals surface area contributed by atoms with E-state index in [-0.39, 0.29) is 5.92 Å². The van der Waals surface area contributed by atoms with Gasteiger partial charge >= 0.3 is 24.0 Å². The number of rotatable bonds is 8. The first-order chi connectivity index (χ1) is 29.5.